The molecule has 3 rings (SSSR count). The number of aromatic hydroxyl groups is 1. The number of rotatable bonds is 10. The van der Waals surface area contributed by atoms with Crippen molar-refractivity contribution < 1.29 is 38.1 Å². The van der Waals surface area contributed by atoms with E-state index in [0.717, 1.165) is 7.11 Å². The van der Waals surface area contributed by atoms with Crippen molar-refractivity contribution in [3.8, 4) is 17.3 Å². The summed E-state index contributed by atoms with van der Waals surface area (Å²) in [6.45, 7) is 5.53. The molecule has 0 spiro atoms. The molecule has 0 bridgehead atoms. The van der Waals surface area contributed by atoms with Gasteiger partial charge < -0.3 is 29.8 Å². The lowest BCUT2D eigenvalue weighted by molar-refractivity contribution is -0.144. The van der Waals surface area contributed by atoms with E-state index in [0.29, 0.717) is 11.1 Å². The minimum absolute atomic E-state index is 0.0762. The number of methoxy groups -OCH3 is 2. The predicted molar refractivity (Wildman–Crippen MR) is 141 cm³/mol. The highest BCUT2D eigenvalue weighted by molar-refractivity contribution is 5.97. The van der Waals surface area contributed by atoms with Crippen LogP contribution in [0.2, 0.25) is 0 Å². The smallest absolute Gasteiger partial charge is 0.328 e. The topological polar surface area (TPSA) is 162 Å². The van der Waals surface area contributed by atoms with Crippen LogP contribution in [0.25, 0.3) is 11.4 Å². The van der Waals surface area contributed by atoms with Crippen molar-refractivity contribution in [2.75, 3.05) is 19.5 Å². The van der Waals surface area contributed by atoms with Crippen LogP contribution in [-0.4, -0.2) is 63.7 Å². The lowest BCUT2D eigenvalue weighted by Gasteiger charge is -2.16. The predicted octanol–water partition coefficient (Wildman–Crippen LogP) is 2.68. The lowest BCUT2D eigenvalue weighted by Crippen LogP contribution is -2.42. The number of fused-ring (bicyclic) bond motifs is 1. The van der Waals surface area contributed by atoms with Crippen LogP contribution in [0.5, 0.6) is 5.88 Å². The molecule has 214 valence electrons. The fourth-order valence-electron chi connectivity index (χ4n) is 3.68. The Morgan fingerprint density at radius 3 is 2.48 bits per heavy atom. The minimum Gasteiger partial charge on any atom is -0.494 e. The van der Waals surface area contributed by atoms with Gasteiger partial charge in [0.05, 0.1) is 31.7 Å². The maximum Gasteiger partial charge on any atom is 0.328 e. The van der Waals surface area contributed by atoms with Gasteiger partial charge in [-0.3, -0.25) is 14.4 Å². The van der Waals surface area contributed by atoms with Crippen molar-refractivity contribution in [1.29, 1.82) is 0 Å². The van der Waals surface area contributed by atoms with Crippen LogP contribution in [0, 0.1) is 11.2 Å². The molecule has 0 saturated carbocycles. The fourth-order valence-corrected chi connectivity index (χ4v) is 3.68. The summed E-state index contributed by atoms with van der Waals surface area (Å²) in [5, 5.41) is 15.8. The van der Waals surface area contributed by atoms with Gasteiger partial charge in [-0.05, 0) is 36.6 Å². The molecule has 12 nitrogen and oxygen atoms in total. The summed E-state index contributed by atoms with van der Waals surface area (Å²) in [6.07, 6.45) is 1.46. The maximum atomic E-state index is 14.8. The van der Waals surface area contributed by atoms with Crippen LogP contribution < -0.4 is 10.6 Å². The molecule has 2 aliphatic rings. The summed E-state index contributed by atoms with van der Waals surface area (Å²) in [5.74, 6) is -2.82. The average molecular weight is 558 g/mol. The van der Waals surface area contributed by atoms with E-state index < -0.39 is 35.1 Å². The van der Waals surface area contributed by atoms with E-state index in [1.54, 1.807) is 26.8 Å². The molecule has 2 amide bonds. The second-order valence-corrected chi connectivity index (χ2v) is 10.1. The largest absolute Gasteiger partial charge is 0.494 e. The Morgan fingerprint density at radius 1 is 1.12 bits per heavy atom. The highest BCUT2D eigenvalue weighted by Gasteiger charge is 2.26. The minimum atomic E-state index is -1.16. The third-order valence-electron chi connectivity index (χ3n) is 6.08. The van der Waals surface area contributed by atoms with Gasteiger partial charge in [-0.1, -0.05) is 26.8 Å². The molecule has 0 aromatic heterocycles. The second kappa shape index (κ2) is 12.5. The molecule has 13 heteroatoms. The van der Waals surface area contributed by atoms with Crippen molar-refractivity contribution in [2.45, 2.75) is 52.6 Å². The van der Waals surface area contributed by atoms with Crippen LogP contribution in [0.1, 0.15) is 49.5 Å². The Kier molecular flexibility index (Phi) is 9.40. The number of anilines is 1. The molecular formula is C27H32FN5O7. The molecular weight excluding hydrogens is 525 g/mol. The van der Waals surface area contributed by atoms with Crippen molar-refractivity contribution >= 4 is 29.6 Å². The first-order valence-electron chi connectivity index (χ1n) is 12.4. The van der Waals surface area contributed by atoms with Gasteiger partial charge in [-0.15, -0.1) is 0 Å². The Morgan fingerprint density at radius 2 is 1.85 bits per heavy atom. The van der Waals surface area contributed by atoms with E-state index in [4.69, 9.17) is 0 Å². The van der Waals surface area contributed by atoms with E-state index in [-0.39, 0.29) is 54.8 Å². The molecule has 1 atom stereocenters. The number of amides is 2. The number of nitrogens with one attached hydrogen (secondary N) is 2. The first-order chi connectivity index (χ1) is 18.8. The van der Waals surface area contributed by atoms with Crippen molar-refractivity contribution in [2.24, 2.45) is 5.41 Å². The number of carbonyl (C=O) groups excluding carboxylic acids is 4. The van der Waals surface area contributed by atoms with Gasteiger partial charge in [-0.2, -0.15) is 0 Å². The lowest BCUT2D eigenvalue weighted by atomic mass is 9.96. The zero-order valence-corrected chi connectivity index (χ0v) is 22.9. The summed E-state index contributed by atoms with van der Waals surface area (Å²) >= 11 is 0. The van der Waals surface area contributed by atoms with Crippen molar-refractivity contribution in [3.05, 3.63) is 47.5 Å². The van der Waals surface area contributed by atoms with Gasteiger partial charge in [0.15, 0.2) is 5.82 Å². The Labute approximate surface area is 230 Å². The molecule has 0 fully saturated rings. The zero-order valence-electron chi connectivity index (χ0n) is 22.9. The monoisotopic (exact) mass is 557 g/mol. The van der Waals surface area contributed by atoms with E-state index in [1.165, 1.54) is 36.2 Å². The third-order valence-corrected chi connectivity index (χ3v) is 6.08. The van der Waals surface area contributed by atoms with Crippen LogP contribution in [0.15, 0.2) is 30.6 Å². The summed E-state index contributed by atoms with van der Waals surface area (Å²) in [6, 6.07) is 4.38. The number of aryl methyl sites for hydroxylation is 2. The zero-order chi connectivity index (χ0) is 29.6. The SMILES string of the molecule is COC(=O)CC[C@H](NC(=O)c1ccc(CCn2cnc3nc(NC(=O)C(C)(C)C)cc-3c2O)cc1F)C(=O)OC. The van der Waals surface area contributed by atoms with E-state index >= 15 is 0 Å². The van der Waals surface area contributed by atoms with Crippen molar-refractivity contribution in [3.63, 3.8) is 0 Å². The summed E-state index contributed by atoms with van der Waals surface area (Å²) in [7, 11) is 2.33. The quantitative estimate of drug-likeness (QED) is 0.318. The number of hydrogen-bond acceptors (Lipinski definition) is 9. The van der Waals surface area contributed by atoms with Crippen LogP contribution in [0.4, 0.5) is 10.2 Å². The van der Waals surface area contributed by atoms with Gasteiger partial charge in [0, 0.05) is 18.4 Å². The van der Waals surface area contributed by atoms with Crippen LogP contribution in [0.3, 0.4) is 0 Å². The van der Waals surface area contributed by atoms with Crippen LogP contribution >= 0.6 is 0 Å². The van der Waals surface area contributed by atoms with Gasteiger partial charge >= 0.3 is 11.9 Å². The number of nitrogens with zero attached hydrogens (tertiary/aromatic N) is 3. The molecule has 0 saturated heterocycles. The molecule has 1 aromatic rings. The molecule has 0 unspecified atom stereocenters. The molecule has 2 heterocycles. The number of carbonyl (C=O) groups is 4. The number of aromatic nitrogens is 3. The first kappa shape index (κ1) is 30.0. The Bertz CT molecular complexity index is 1380. The molecule has 1 aromatic carbocycles. The second-order valence-electron chi connectivity index (χ2n) is 10.1. The number of benzene rings is 1. The number of esters is 2. The van der Waals surface area contributed by atoms with E-state index in [9.17, 15) is 28.7 Å². The Hall–Kier alpha value is -4.55. The summed E-state index contributed by atoms with van der Waals surface area (Å²) in [5.41, 5.74) is -0.0335. The molecule has 0 radical (unpaired) electrons. The third kappa shape index (κ3) is 7.30. The molecule has 0 aliphatic carbocycles. The number of hydrogen-bond donors (Lipinski definition) is 3. The number of halogens is 1. The first-order valence-corrected chi connectivity index (χ1v) is 12.4. The molecule has 40 heavy (non-hydrogen) atoms. The maximum absolute atomic E-state index is 14.8. The highest BCUT2D eigenvalue weighted by atomic mass is 19.1. The Balaban J connectivity index is 1.68. The standard InChI is InChI=1S/C27H32FN5O7/c1-27(2,3)26(38)32-20-13-17-22(31-20)29-14-33(24(17)36)11-10-15-6-7-16(18(28)12-15)23(35)30-19(25(37)40-5)8-9-21(34)39-4/h6-7,12-14,19,36H,8-11H2,1-5H3,(H,30,35)(H,32,38)/t19-/m0/s1. The van der Waals surface area contributed by atoms with E-state index in [1.807, 2.05) is 0 Å². The normalized spacial score (nSPS) is 12.1. The van der Waals surface area contributed by atoms with Gasteiger partial charge in [-0.25, -0.2) is 19.2 Å². The number of ether oxygens (including phenoxy) is 2. The molecule has 3 N–H and O–H groups in total. The van der Waals surface area contributed by atoms with E-state index in [2.05, 4.69) is 30.1 Å². The van der Waals surface area contributed by atoms with Crippen LogP contribution in [-0.2, 0) is 36.8 Å². The summed E-state index contributed by atoms with van der Waals surface area (Å²) in [4.78, 5) is 56.8. The van der Waals surface area contributed by atoms with Gasteiger partial charge in [0.1, 0.15) is 17.7 Å². The fraction of sp³-hybridized carbons (Fsp3) is 0.407. The highest BCUT2D eigenvalue weighted by Crippen LogP contribution is 2.32. The average Bonchev–Trinajstić information content (AvgIpc) is 3.32. The summed E-state index contributed by atoms with van der Waals surface area (Å²) < 4.78 is 25.5. The van der Waals surface area contributed by atoms with Gasteiger partial charge in [0.25, 0.3) is 5.91 Å². The molecule has 2 aliphatic heterocycles. The van der Waals surface area contributed by atoms with Gasteiger partial charge in [0.2, 0.25) is 11.8 Å². The van der Waals surface area contributed by atoms with Crippen molar-refractivity contribution in [1.82, 2.24) is 19.9 Å².